The number of benzene rings is 1. The highest BCUT2D eigenvalue weighted by Crippen LogP contribution is 2.41. The Bertz CT molecular complexity index is 1130. The molecule has 3 N–H and O–H groups in total. The number of ether oxygens (including phenoxy) is 1. The minimum atomic E-state index is -4.32. The second-order valence-electron chi connectivity index (χ2n) is 7.34. The van der Waals surface area contributed by atoms with Crippen LogP contribution in [0.25, 0.3) is 0 Å². The minimum absolute atomic E-state index is 0.0786. The summed E-state index contributed by atoms with van der Waals surface area (Å²) in [6.07, 6.45) is 0. The van der Waals surface area contributed by atoms with E-state index in [0.29, 0.717) is 0 Å². The Morgan fingerprint density at radius 1 is 1.45 bits per heavy atom. The summed E-state index contributed by atoms with van der Waals surface area (Å²) in [4.78, 5) is 39.4. The topological polar surface area (TPSA) is 140 Å². The van der Waals surface area contributed by atoms with Gasteiger partial charge in [0.25, 0.3) is 11.5 Å². The number of fused-ring (bicyclic) bond motifs is 1. The third-order valence-electron chi connectivity index (χ3n) is 4.77. The number of amides is 1. The minimum Gasteiger partial charge on any atom is -0.501 e. The van der Waals surface area contributed by atoms with E-state index >= 15 is 0 Å². The maximum absolute atomic E-state index is 13.6. The molecule has 1 amide bonds. The van der Waals surface area contributed by atoms with E-state index in [1.54, 1.807) is 13.8 Å². The number of nitrogens with zero attached hydrogens (tertiary/aromatic N) is 2. The smallest absolute Gasteiger partial charge is 0.359 e. The molecule has 2 heterocycles. The maximum atomic E-state index is 13.6. The monoisotopic (exact) mass is 455 g/mol. The van der Waals surface area contributed by atoms with Gasteiger partial charge in [-0.15, -0.1) is 0 Å². The van der Waals surface area contributed by atoms with Crippen LogP contribution in [0.3, 0.4) is 0 Å². The molecular weight excluding hydrogens is 432 g/mol. The van der Waals surface area contributed by atoms with Crippen LogP contribution in [0.1, 0.15) is 42.6 Å². The van der Waals surface area contributed by atoms with Gasteiger partial charge in [0.1, 0.15) is 17.2 Å². The molecule has 1 aliphatic rings. The Kier molecular flexibility index (Phi) is 6.33. The third kappa shape index (κ3) is 4.54. The van der Waals surface area contributed by atoms with E-state index in [2.05, 4.69) is 10.3 Å². The van der Waals surface area contributed by atoms with Crippen LogP contribution in [-0.2, 0) is 32.5 Å². The number of aromatic nitrogens is 2. The quantitative estimate of drug-likeness (QED) is 0.551. The highest BCUT2D eigenvalue weighted by molar-refractivity contribution is 7.61. The maximum Gasteiger partial charge on any atom is 0.359 e. The van der Waals surface area contributed by atoms with Crippen LogP contribution in [0.15, 0.2) is 23.0 Å². The first-order chi connectivity index (χ1) is 14.5. The first kappa shape index (κ1) is 23.1. The molecule has 0 saturated carbocycles. The number of carbonyl (C=O) groups is 1. The largest absolute Gasteiger partial charge is 0.501 e. The average molecular weight is 455 g/mol. The zero-order valence-corrected chi connectivity index (χ0v) is 18.1. The molecule has 2 aromatic rings. The lowest BCUT2D eigenvalue weighted by Gasteiger charge is -2.32. The van der Waals surface area contributed by atoms with Crippen molar-refractivity contribution in [2.24, 2.45) is 0 Å². The summed E-state index contributed by atoms with van der Waals surface area (Å²) in [6, 6.07) is 3.16. The number of hydrogen-bond donors (Lipinski definition) is 3. The second kappa shape index (κ2) is 8.51. The van der Waals surface area contributed by atoms with Gasteiger partial charge in [-0.3, -0.25) is 18.7 Å². The highest BCUT2D eigenvalue weighted by atomic mass is 31.2. The van der Waals surface area contributed by atoms with Crippen molar-refractivity contribution in [2.75, 3.05) is 13.2 Å². The summed E-state index contributed by atoms with van der Waals surface area (Å²) < 4.78 is 37.7. The molecule has 1 atom stereocenters. The fourth-order valence-electron chi connectivity index (χ4n) is 3.28. The van der Waals surface area contributed by atoms with Crippen LogP contribution in [-0.4, -0.2) is 38.7 Å². The Balaban J connectivity index is 1.92. The summed E-state index contributed by atoms with van der Waals surface area (Å²) in [5.74, 6) is -2.27. The zero-order valence-electron chi connectivity index (χ0n) is 17.2. The van der Waals surface area contributed by atoms with Gasteiger partial charge in [0.05, 0.1) is 25.1 Å². The van der Waals surface area contributed by atoms with E-state index in [-0.39, 0.29) is 43.0 Å². The van der Waals surface area contributed by atoms with Crippen molar-refractivity contribution in [3.05, 3.63) is 51.5 Å². The first-order valence-corrected chi connectivity index (χ1v) is 11.1. The standard InChI is InChI=1S/C19H23FN3O7P/c1-4-30-31(27,28)13-9-12(20)6-5-11(13)10-21-16(25)14-15(24)17(26)23-7-8-29-19(2,3)18(23)22-14/h5-6,9,24H,4,7-8,10H2,1-3H3,(H,21,25)(H,27,28). The lowest BCUT2D eigenvalue weighted by atomic mass is 10.1. The molecule has 1 aliphatic heterocycles. The molecule has 1 unspecified atom stereocenters. The highest BCUT2D eigenvalue weighted by Gasteiger charge is 2.34. The van der Waals surface area contributed by atoms with Crippen molar-refractivity contribution < 1.29 is 33.0 Å². The molecule has 0 bridgehead atoms. The molecule has 10 nitrogen and oxygen atoms in total. The van der Waals surface area contributed by atoms with Gasteiger partial charge in [-0.25, -0.2) is 9.37 Å². The van der Waals surface area contributed by atoms with E-state index < -0.39 is 41.9 Å². The number of carbonyl (C=O) groups excluding carboxylic acids is 1. The Labute approximate surface area is 177 Å². The van der Waals surface area contributed by atoms with Crippen molar-refractivity contribution in [1.29, 1.82) is 0 Å². The van der Waals surface area contributed by atoms with Crippen LogP contribution in [0.4, 0.5) is 4.39 Å². The molecular formula is C19H23FN3O7P. The predicted octanol–water partition coefficient (Wildman–Crippen LogP) is 1.13. The van der Waals surface area contributed by atoms with Crippen LogP contribution >= 0.6 is 7.60 Å². The third-order valence-corrected chi connectivity index (χ3v) is 6.41. The van der Waals surface area contributed by atoms with Crippen molar-refractivity contribution in [2.45, 2.75) is 39.5 Å². The summed E-state index contributed by atoms with van der Waals surface area (Å²) in [7, 11) is -4.32. The normalized spacial score (nSPS) is 16.9. The van der Waals surface area contributed by atoms with Crippen molar-refractivity contribution in [3.63, 3.8) is 0 Å². The molecule has 31 heavy (non-hydrogen) atoms. The summed E-state index contributed by atoms with van der Waals surface area (Å²) in [5, 5.41) is 12.4. The molecule has 0 saturated heterocycles. The van der Waals surface area contributed by atoms with Gasteiger partial charge < -0.3 is 24.6 Å². The van der Waals surface area contributed by atoms with Gasteiger partial charge in [-0.1, -0.05) is 6.07 Å². The zero-order chi connectivity index (χ0) is 23.0. The number of aromatic hydroxyl groups is 1. The van der Waals surface area contributed by atoms with E-state index in [9.17, 15) is 28.5 Å². The summed E-state index contributed by atoms with van der Waals surface area (Å²) in [6.45, 7) is 4.93. The van der Waals surface area contributed by atoms with Crippen LogP contribution in [0.2, 0.25) is 0 Å². The van der Waals surface area contributed by atoms with E-state index in [0.717, 1.165) is 12.1 Å². The Morgan fingerprint density at radius 3 is 2.84 bits per heavy atom. The molecule has 1 aromatic heterocycles. The van der Waals surface area contributed by atoms with Gasteiger partial charge in [-0.05, 0) is 38.5 Å². The van der Waals surface area contributed by atoms with Gasteiger partial charge >= 0.3 is 7.60 Å². The van der Waals surface area contributed by atoms with E-state index in [4.69, 9.17) is 9.26 Å². The van der Waals surface area contributed by atoms with Crippen LogP contribution < -0.4 is 16.2 Å². The van der Waals surface area contributed by atoms with E-state index in [1.807, 2.05) is 0 Å². The molecule has 0 radical (unpaired) electrons. The molecule has 0 fully saturated rings. The molecule has 168 valence electrons. The number of rotatable bonds is 6. The van der Waals surface area contributed by atoms with Gasteiger partial charge in [0.2, 0.25) is 5.75 Å². The summed E-state index contributed by atoms with van der Waals surface area (Å²) in [5.41, 5.74) is -2.10. The molecule has 0 spiro atoms. The van der Waals surface area contributed by atoms with Crippen LogP contribution in [0.5, 0.6) is 5.75 Å². The van der Waals surface area contributed by atoms with Crippen molar-refractivity contribution in [1.82, 2.24) is 14.9 Å². The lowest BCUT2D eigenvalue weighted by molar-refractivity contribution is -0.0566. The Morgan fingerprint density at radius 2 is 2.16 bits per heavy atom. The Hall–Kier alpha value is -2.59. The summed E-state index contributed by atoms with van der Waals surface area (Å²) >= 11 is 0. The molecule has 1 aromatic carbocycles. The van der Waals surface area contributed by atoms with Crippen LogP contribution in [0, 0.1) is 5.82 Å². The first-order valence-electron chi connectivity index (χ1n) is 9.50. The fourth-order valence-corrected chi connectivity index (χ4v) is 4.57. The van der Waals surface area contributed by atoms with Gasteiger partial charge in [-0.2, -0.15) is 0 Å². The van der Waals surface area contributed by atoms with Gasteiger partial charge in [0, 0.05) is 6.54 Å². The van der Waals surface area contributed by atoms with Crippen molar-refractivity contribution >= 4 is 18.8 Å². The lowest BCUT2D eigenvalue weighted by Crippen LogP contribution is -2.42. The number of hydrogen-bond acceptors (Lipinski definition) is 7. The number of nitrogens with one attached hydrogen (secondary N) is 1. The molecule has 12 heteroatoms. The van der Waals surface area contributed by atoms with Crippen molar-refractivity contribution in [3.8, 4) is 5.75 Å². The second-order valence-corrected chi connectivity index (χ2v) is 9.12. The predicted molar refractivity (Wildman–Crippen MR) is 108 cm³/mol. The van der Waals surface area contributed by atoms with Gasteiger partial charge in [0.15, 0.2) is 5.69 Å². The molecule has 3 rings (SSSR count). The molecule has 0 aliphatic carbocycles. The fraction of sp³-hybridized carbons (Fsp3) is 0.421. The average Bonchev–Trinajstić information content (AvgIpc) is 2.69. The SMILES string of the molecule is CCOP(=O)(O)c1cc(F)ccc1CNC(=O)c1nc2n(c(=O)c1O)CCOC2(C)C. The van der Waals surface area contributed by atoms with E-state index in [1.165, 1.54) is 17.6 Å². The number of halogens is 1.